The Balaban J connectivity index is 1.37. The number of halogens is 4. The molecule has 1 heterocycles. The topological polar surface area (TPSA) is 25.8 Å². The zero-order valence-electron chi connectivity index (χ0n) is 20.5. The zero-order chi connectivity index (χ0) is 25.5. The van der Waals surface area contributed by atoms with Crippen molar-refractivity contribution in [1.82, 2.24) is 9.97 Å². The number of benzene rings is 3. The van der Waals surface area contributed by atoms with Gasteiger partial charge in [-0.3, -0.25) is 0 Å². The number of hydrogen-bond donors (Lipinski definition) is 0. The van der Waals surface area contributed by atoms with Crippen molar-refractivity contribution < 1.29 is 13.2 Å². The number of aryl methyl sites for hydroxylation is 5. The highest BCUT2D eigenvalue weighted by molar-refractivity contribution is 6.30. The summed E-state index contributed by atoms with van der Waals surface area (Å²) in [4.78, 5) is 9.03. The SMILES string of the molecule is CCCCCCc1cnc(CCc2ccc3c(F)c(CCc4cc(F)c(Cl)c(F)c4)ccc3c2)nc1. The van der Waals surface area contributed by atoms with E-state index in [1.54, 1.807) is 12.1 Å². The average molecular weight is 511 g/mol. The lowest BCUT2D eigenvalue weighted by atomic mass is 9.98. The van der Waals surface area contributed by atoms with Gasteiger partial charge in [0.25, 0.3) is 0 Å². The summed E-state index contributed by atoms with van der Waals surface area (Å²) in [6, 6.07) is 11.8. The average Bonchev–Trinajstić information content (AvgIpc) is 2.88. The van der Waals surface area contributed by atoms with Gasteiger partial charge in [0.15, 0.2) is 0 Å². The minimum atomic E-state index is -0.804. The van der Waals surface area contributed by atoms with Crippen molar-refractivity contribution in [3.8, 4) is 0 Å². The second-order valence-electron chi connectivity index (χ2n) is 9.29. The van der Waals surface area contributed by atoms with E-state index in [0.29, 0.717) is 29.4 Å². The van der Waals surface area contributed by atoms with Gasteiger partial charge in [0, 0.05) is 24.2 Å². The fraction of sp³-hybridized carbons (Fsp3) is 0.333. The highest BCUT2D eigenvalue weighted by Gasteiger charge is 2.12. The zero-order valence-corrected chi connectivity index (χ0v) is 21.2. The molecule has 0 atom stereocenters. The van der Waals surface area contributed by atoms with Crippen molar-refractivity contribution in [1.29, 1.82) is 0 Å². The normalized spacial score (nSPS) is 11.4. The molecule has 4 aromatic rings. The van der Waals surface area contributed by atoms with E-state index in [0.717, 1.165) is 36.0 Å². The van der Waals surface area contributed by atoms with Gasteiger partial charge in [-0.1, -0.05) is 68.1 Å². The Bertz CT molecular complexity index is 1300. The Hall–Kier alpha value is -2.92. The molecule has 188 valence electrons. The fourth-order valence-electron chi connectivity index (χ4n) is 4.42. The lowest BCUT2D eigenvalue weighted by molar-refractivity contribution is 0.579. The van der Waals surface area contributed by atoms with Crippen LogP contribution in [0.4, 0.5) is 13.2 Å². The Kier molecular flexibility index (Phi) is 8.98. The van der Waals surface area contributed by atoms with E-state index in [9.17, 15) is 8.78 Å². The van der Waals surface area contributed by atoms with E-state index in [-0.39, 0.29) is 5.82 Å². The van der Waals surface area contributed by atoms with Crippen molar-refractivity contribution in [3.05, 3.63) is 105 Å². The van der Waals surface area contributed by atoms with Crippen LogP contribution in [-0.2, 0) is 32.1 Å². The van der Waals surface area contributed by atoms with Gasteiger partial charge in [-0.2, -0.15) is 0 Å². The molecular weight excluding hydrogens is 481 g/mol. The second kappa shape index (κ2) is 12.4. The summed E-state index contributed by atoms with van der Waals surface area (Å²) in [5, 5.41) is 0.835. The maximum atomic E-state index is 15.2. The molecule has 0 N–H and O–H groups in total. The van der Waals surface area contributed by atoms with Gasteiger partial charge in [-0.25, -0.2) is 23.1 Å². The Morgan fingerprint density at radius 2 is 1.42 bits per heavy atom. The lowest BCUT2D eigenvalue weighted by Gasteiger charge is -2.09. The van der Waals surface area contributed by atoms with E-state index in [4.69, 9.17) is 11.6 Å². The number of fused-ring (bicyclic) bond motifs is 1. The summed E-state index contributed by atoms with van der Waals surface area (Å²) in [6.45, 7) is 2.21. The molecule has 3 aromatic carbocycles. The third-order valence-corrected chi connectivity index (χ3v) is 6.90. The molecule has 0 aliphatic heterocycles. The molecule has 0 spiro atoms. The molecule has 0 bridgehead atoms. The first kappa shape index (κ1) is 26.2. The van der Waals surface area contributed by atoms with Crippen LogP contribution in [0.15, 0.2) is 54.9 Å². The molecule has 4 rings (SSSR count). The molecule has 0 amide bonds. The first-order valence-electron chi connectivity index (χ1n) is 12.6. The number of unbranched alkanes of at least 4 members (excludes halogenated alkanes) is 3. The third kappa shape index (κ3) is 6.64. The largest absolute Gasteiger partial charge is 0.241 e. The summed E-state index contributed by atoms with van der Waals surface area (Å²) in [5.74, 6) is -1.10. The fourth-order valence-corrected chi connectivity index (χ4v) is 4.53. The number of rotatable bonds is 11. The summed E-state index contributed by atoms with van der Waals surface area (Å²) >= 11 is 5.54. The van der Waals surface area contributed by atoms with Gasteiger partial charge < -0.3 is 0 Å². The van der Waals surface area contributed by atoms with E-state index >= 15 is 4.39 Å². The maximum absolute atomic E-state index is 15.2. The molecule has 0 radical (unpaired) electrons. The van der Waals surface area contributed by atoms with E-state index in [1.165, 1.54) is 43.4 Å². The number of nitrogens with zero attached hydrogens (tertiary/aromatic N) is 2. The van der Waals surface area contributed by atoms with Crippen LogP contribution in [0.3, 0.4) is 0 Å². The Morgan fingerprint density at radius 1 is 0.694 bits per heavy atom. The van der Waals surface area contributed by atoms with Gasteiger partial charge in [-0.15, -0.1) is 0 Å². The molecule has 0 aliphatic rings. The molecule has 1 aromatic heterocycles. The summed E-state index contributed by atoms with van der Waals surface area (Å²) in [6.07, 6.45) is 11.9. The predicted octanol–water partition coefficient (Wildman–Crippen LogP) is 8.39. The minimum absolute atomic E-state index is 0.299. The van der Waals surface area contributed by atoms with Crippen LogP contribution in [-0.4, -0.2) is 9.97 Å². The van der Waals surface area contributed by atoms with Gasteiger partial charge in [0.1, 0.15) is 28.3 Å². The Labute approximate surface area is 215 Å². The Morgan fingerprint density at radius 3 is 2.14 bits per heavy atom. The van der Waals surface area contributed by atoms with Gasteiger partial charge in [0.05, 0.1) is 0 Å². The number of hydrogen-bond acceptors (Lipinski definition) is 2. The van der Waals surface area contributed by atoms with Crippen molar-refractivity contribution in [2.24, 2.45) is 0 Å². The molecule has 2 nitrogen and oxygen atoms in total. The van der Waals surface area contributed by atoms with Crippen LogP contribution in [0, 0.1) is 17.5 Å². The van der Waals surface area contributed by atoms with Gasteiger partial charge in [0.2, 0.25) is 0 Å². The predicted molar refractivity (Wildman–Crippen MR) is 140 cm³/mol. The number of aromatic nitrogens is 2. The van der Waals surface area contributed by atoms with Crippen molar-refractivity contribution in [3.63, 3.8) is 0 Å². The molecule has 0 aliphatic carbocycles. The van der Waals surface area contributed by atoms with Crippen LogP contribution in [0.25, 0.3) is 10.8 Å². The molecule has 36 heavy (non-hydrogen) atoms. The summed E-state index contributed by atoms with van der Waals surface area (Å²) in [7, 11) is 0. The van der Waals surface area contributed by atoms with Crippen LogP contribution >= 0.6 is 11.6 Å². The highest BCUT2D eigenvalue weighted by atomic mass is 35.5. The maximum Gasteiger partial charge on any atom is 0.145 e. The summed E-state index contributed by atoms with van der Waals surface area (Å²) in [5.41, 5.74) is 3.22. The summed E-state index contributed by atoms with van der Waals surface area (Å²) < 4.78 is 42.5. The highest BCUT2D eigenvalue weighted by Crippen LogP contribution is 2.25. The molecule has 0 saturated carbocycles. The van der Waals surface area contributed by atoms with Crippen molar-refractivity contribution >= 4 is 22.4 Å². The molecule has 0 unspecified atom stereocenters. The smallest absolute Gasteiger partial charge is 0.145 e. The first-order valence-corrected chi connectivity index (χ1v) is 13.0. The second-order valence-corrected chi connectivity index (χ2v) is 9.66. The molecule has 0 fully saturated rings. The van der Waals surface area contributed by atoms with Crippen molar-refractivity contribution in [2.45, 2.75) is 64.7 Å². The van der Waals surface area contributed by atoms with Crippen LogP contribution in [0.2, 0.25) is 5.02 Å². The van der Waals surface area contributed by atoms with E-state index in [2.05, 4.69) is 16.9 Å². The van der Waals surface area contributed by atoms with Crippen LogP contribution in [0.1, 0.15) is 60.7 Å². The molecule has 0 saturated heterocycles. The van der Waals surface area contributed by atoms with Crippen LogP contribution < -0.4 is 0 Å². The lowest BCUT2D eigenvalue weighted by Crippen LogP contribution is -2.00. The first-order chi connectivity index (χ1) is 17.4. The van der Waals surface area contributed by atoms with Gasteiger partial charge in [-0.05, 0) is 71.9 Å². The van der Waals surface area contributed by atoms with E-state index < -0.39 is 16.7 Å². The van der Waals surface area contributed by atoms with Crippen LogP contribution in [0.5, 0.6) is 0 Å². The monoisotopic (exact) mass is 510 g/mol. The molecular formula is C30H30ClF3N2. The minimum Gasteiger partial charge on any atom is -0.241 e. The van der Waals surface area contributed by atoms with Crippen molar-refractivity contribution in [2.75, 3.05) is 0 Å². The standard InChI is InChI=1S/C30H30ClF3N2/c1-2-3-4-5-6-22-18-35-28(36-19-22)14-9-20-8-13-25-24(15-20)12-11-23(30(25)34)10-7-21-16-26(32)29(31)27(33)17-21/h8,11-13,15-19H,2-7,9-10,14H2,1H3. The van der Waals surface area contributed by atoms with Gasteiger partial charge >= 0.3 is 0 Å². The van der Waals surface area contributed by atoms with E-state index in [1.807, 2.05) is 30.6 Å². The molecule has 6 heteroatoms. The third-order valence-electron chi connectivity index (χ3n) is 6.54. The quantitative estimate of drug-likeness (QED) is 0.149.